The molecule has 1 amide bonds. The number of aliphatic imine (C=N–C) groups is 2. The van der Waals surface area contributed by atoms with E-state index < -0.39 is 39.9 Å². The largest absolute Gasteiger partial charge is 0.490 e. The summed E-state index contributed by atoms with van der Waals surface area (Å²) in [6.45, 7) is 1.48. The van der Waals surface area contributed by atoms with Gasteiger partial charge in [0.05, 0.1) is 24.9 Å². The second-order valence-electron chi connectivity index (χ2n) is 4.50. The van der Waals surface area contributed by atoms with Gasteiger partial charge in [-0.25, -0.2) is 9.79 Å². The van der Waals surface area contributed by atoms with Crippen molar-refractivity contribution in [3.05, 3.63) is 32.7 Å². The van der Waals surface area contributed by atoms with Gasteiger partial charge in [-0.15, -0.1) is 0 Å². The van der Waals surface area contributed by atoms with Crippen molar-refractivity contribution in [1.82, 2.24) is 0 Å². The first-order valence-corrected chi connectivity index (χ1v) is 6.34. The minimum absolute atomic E-state index is 0.0212. The van der Waals surface area contributed by atoms with E-state index in [0.29, 0.717) is 0 Å². The molecule has 1 atom stereocenters. The van der Waals surface area contributed by atoms with E-state index in [9.17, 15) is 19.7 Å². The Kier molecular flexibility index (Phi) is 4.36. The van der Waals surface area contributed by atoms with Crippen LogP contribution < -0.4 is 0 Å². The topological polar surface area (TPSA) is 130 Å². The van der Waals surface area contributed by atoms with Crippen molar-refractivity contribution < 1.29 is 28.7 Å². The molecule has 0 N–H and O–H groups in total. The Hall–Kier alpha value is -2.88. The van der Waals surface area contributed by atoms with Gasteiger partial charge in [-0.2, -0.15) is 4.99 Å². The smallest absolute Gasteiger partial charge is 0.344 e. The lowest BCUT2D eigenvalue weighted by atomic mass is 9.88. The van der Waals surface area contributed by atoms with Gasteiger partial charge in [-0.3, -0.25) is 14.9 Å². The normalized spacial score (nSPS) is 20.7. The number of nitro groups is 1. The summed E-state index contributed by atoms with van der Waals surface area (Å²) in [5.74, 6) is -1.99. The molecule has 2 rings (SSSR count). The zero-order valence-corrected chi connectivity index (χ0v) is 12.8. The van der Waals surface area contributed by atoms with Crippen molar-refractivity contribution in [2.24, 2.45) is 9.98 Å². The van der Waals surface area contributed by atoms with E-state index in [0.717, 1.165) is 14.2 Å². The van der Waals surface area contributed by atoms with Gasteiger partial charge in [0.2, 0.25) is 5.76 Å². The molecule has 2 aliphatic rings. The maximum atomic E-state index is 12.2. The van der Waals surface area contributed by atoms with Crippen molar-refractivity contribution in [3.63, 3.8) is 0 Å². The molecule has 0 saturated heterocycles. The minimum atomic E-state index is -1.24. The van der Waals surface area contributed by atoms with Gasteiger partial charge in [-0.05, 0) is 6.92 Å². The molecule has 1 aliphatic heterocycles. The van der Waals surface area contributed by atoms with Crippen LogP contribution in [0.15, 0.2) is 32.6 Å². The van der Waals surface area contributed by atoms with E-state index in [1.54, 1.807) is 0 Å². The maximum absolute atomic E-state index is 12.2. The molecule has 122 valence electrons. The second kappa shape index (κ2) is 6.08. The van der Waals surface area contributed by atoms with Crippen LogP contribution in [0.3, 0.4) is 0 Å². The molecule has 0 radical (unpaired) electrons. The lowest BCUT2D eigenvalue weighted by Gasteiger charge is -2.27. The molecule has 23 heavy (non-hydrogen) atoms. The Balaban J connectivity index is 2.88. The Morgan fingerprint density at radius 3 is 2.39 bits per heavy atom. The second-order valence-corrected chi connectivity index (χ2v) is 4.50. The first-order valence-electron chi connectivity index (χ1n) is 6.34. The summed E-state index contributed by atoms with van der Waals surface area (Å²) < 4.78 is 14.8. The SMILES string of the molecule is COC(=O)C1=C([N+](=O)[O-])C(OC)=C2C(=O)N=C(C)N=C2C1OC. The molecule has 10 nitrogen and oxygen atoms in total. The number of hydrogen-bond donors (Lipinski definition) is 0. The summed E-state index contributed by atoms with van der Waals surface area (Å²) in [7, 11) is 3.45. The van der Waals surface area contributed by atoms with Gasteiger partial charge in [-0.1, -0.05) is 0 Å². The fourth-order valence-electron chi connectivity index (χ4n) is 2.40. The Morgan fingerprint density at radius 1 is 1.26 bits per heavy atom. The van der Waals surface area contributed by atoms with Crippen LogP contribution in [0.25, 0.3) is 0 Å². The molecule has 1 aliphatic carbocycles. The van der Waals surface area contributed by atoms with Crippen molar-refractivity contribution in [2.75, 3.05) is 21.3 Å². The highest BCUT2D eigenvalue weighted by atomic mass is 16.6. The molecule has 1 unspecified atom stereocenters. The van der Waals surface area contributed by atoms with Crippen molar-refractivity contribution in [3.8, 4) is 0 Å². The van der Waals surface area contributed by atoms with Gasteiger partial charge < -0.3 is 14.2 Å². The number of amidine groups is 1. The van der Waals surface area contributed by atoms with Crippen molar-refractivity contribution in [1.29, 1.82) is 0 Å². The molecule has 1 heterocycles. The number of esters is 1. The fourth-order valence-corrected chi connectivity index (χ4v) is 2.40. The quantitative estimate of drug-likeness (QED) is 0.405. The summed E-state index contributed by atoms with van der Waals surface area (Å²) in [5.41, 5.74) is -1.29. The van der Waals surface area contributed by atoms with Gasteiger partial charge in [0.15, 0.2) is 5.57 Å². The molecule has 0 aromatic carbocycles. The summed E-state index contributed by atoms with van der Waals surface area (Å²) in [6.07, 6.45) is -1.24. The van der Waals surface area contributed by atoms with E-state index in [2.05, 4.69) is 14.7 Å². The van der Waals surface area contributed by atoms with Crippen LogP contribution >= 0.6 is 0 Å². The lowest BCUT2D eigenvalue weighted by Crippen LogP contribution is -2.41. The first-order chi connectivity index (χ1) is 10.9. The number of carbonyl (C=O) groups is 2. The zero-order valence-electron chi connectivity index (χ0n) is 12.8. The van der Waals surface area contributed by atoms with Crippen LogP contribution in [0.4, 0.5) is 0 Å². The van der Waals surface area contributed by atoms with Crippen molar-refractivity contribution >= 4 is 23.4 Å². The first kappa shape index (κ1) is 16.5. The van der Waals surface area contributed by atoms with Gasteiger partial charge in [0.25, 0.3) is 5.91 Å². The minimum Gasteiger partial charge on any atom is -0.490 e. The fraction of sp³-hybridized carbons (Fsp3) is 0.385. The highest BCUT2D eigenvalue weighted by molar-refractivity contribution is 6.33. The Morgan fingerprint density at radius 2 is 1.91 bits per heavy atom. The van der Waals surface area contributed by atoms with E-state index in [1.807, 2.05) is 0 Å². The summed E-state index contributed by atoms with van der Waals surface area (Å²) in [4.78, 5) is 42.5. The van der Waals surface area contributed by atoms with Crippen LogP contribution in [0.1, 0.15) is 6.92 Å². The maximum Gasteiger partial charge on any atom is 0.344 e. The Labute approximate surface area is 130 Å². The molecule has 0 aromatic rings. The lowest BCUT2D eigenvalue weighted by molar-refractivity contribution is -0.425. The van der Waals surface area contributed by atoms with Gasteiger partial charge in [0, 0.05) is 7.11 Å². The predicted molar refractivity (Wildman–Crippen MR) is 76.4 cm³/mol. The zero-order chi connectivity index (χ0) is 17.3. The molecule has 10 heteroatoms. The average Bonchev–Trinajstić information content (AvgIpc) is 2.51. The van der Waals surface area contributed by atoms with Crippen LogP contribution in [0, 0.1) is 10.1 Å². The highest BCUT2D eigenvalue weighted by Gasteiger charge is 2.48. The molecular weight excluding hydrogens is 310 g/mol. The van der Waals surface area contributed by atoms with Crippen LogP contribution in [-0.4, -0.2) is 55.8 Å². The molecule has 0 spiro atoms. The molecule has 0 bridgehead atoms. The average molecular weight is 323 g/mol. The molecule has 0 aromatic heterocycles. The third-order valence-electron chi connectivity index (χ3n) is 3.25. The van der Waals surface area contributed by atoms with Gasteiger partial charge in [0.1, 0.15) is 17.5 Å². The van der Waals surface area contributed by atoms with Crippen molar-refractivity contribution in [2.45, 2.75) is 13.0 Å². The van der Waals surface area contributed by atoms with E-state index in [1.165, 1.54) is 14.0 Å². The van der Waals surface area contributed by atoms with Gasteiger partial charge >= 0.3 is 11.7 Å². The van der Waals surface area contributed by atoms with E-state index in [-0.39, 0.29) is 17.1 Å². The number of carbonyl (C=O) groups excluding carboxylic acids is 2. The Bertz CT molecular complexity index is 730. The summed E-state index contributed by atoms with van der Waals surface area (Å²) in [5, 5.41) is 11.4. The predicted octanol–water partition coefficient (Wildman–Crippen LogP) is 0.0189. The molecule has 0 saturated carbocycles. The van der Waals surface area contributed by atoms with E-state index in [4.69, 9.17) is 9.47 Å². The number of fused-ring (bicyclic) bond motifs is 1. The third-order valence-corrected chi connectivity index (χ3v) is 3.25. The standard InChI is InChI=1S/C13H13N3O7/c1-5-14-8-6(12(17)15-5)11(22-3)9(16(19)20)7(10(8)21-2)13(18)23-4/h10H,1-4H3. The molecular formula is C13H13N3O7. The number of rotatable bonds is 4. The van der Waals surface area contributed by atoms with Crippen LogP contribution in [-0.2, 0) is 23.8 Å². The van der Waals surface area contributed by atoms with Crippen LogP contribution in [0.5, 0.6) is 0 Å². The number of amides is 1. The summed E-state index contributed by atoms with van der Waals surface area (Å²) in [6, 6.07) is 0. The van der Waals surface area contributed by atoms with E-state index >= 15 is 0 Å². The number of nitrogens with zero attached hydrogens (tertiary/aromatic N) is 3. The van der Waals surface area contributed by atoms with Crippen LogP contribution in [0.2, 0.25) is 0 Å². The number of ether oxygens (including phenoxy) is 3. The number of methoxy groups -OCH3 is 3. The highest BCUT2D eigenvalue weighted by Crippen LogP contribution is 2.34. The third kappa shape index (κ3) is 2.52. The summed E-state index contributed by atoms with van der Waals surface area (Å²) >= 11 is 0. The molecule has 0 fully saturated rings. The number of hydrogen-bond acceptors (Lipinski definition) is 8. The monoisotopic (exact) mass is 323 g/mol.